The van der Waals surface area contributed by atoms with E-state index in [4.69, 9.17) is 0 Å². The Morgan fingerprint density at radius 3 is 2.34 bits per heavy atom. The second kappa shape index (κ2) is 12.2. The quantitative estimate of drug-likeness (QED) is 0.524. The molecule has 32 heavy (non-hydrogen) atoms. The van der Waals surface area contributed by atoms with E-state index in [0.29, 0.717) is 25.2 Å². The number of hydrogen-bond acceptors (Lipinski definition) is 3. The Labute approximate surface area is 189 Å². The smallest absolute Gasteiger partial charge is 0.315 e. The number of amides is 3. The van der Waals surface area contributed by atoms with Crippen LogP contribution in [-0.2, 0) is 24.3 Å². The molecule has 1 saturated heterocycles. The molecule has 1 heterocycles. The minimum absolute atomic E-state index is 0.108. The SMILES string of the molecule is CC1CCN(Cc2ccc(CNC(=O)NCCNC(=O)Cc3cccc(F)c3)cc2)CC1. The summed E-state index contributed by atoms with van der Waals surface area (Å²) in [4.78, 5) is 26.3. The Balaban J connectivity index is 1.28. The molecule has 0 saturated carbocycles. The Kier molecular flexibility index (Phi) is 9.04. The van der Waals surface area contributed by atoms with E-state index < -0.39 is 0 Å². The second-order valence-corrected chi connectivity index (χ2v) is 8.54. The van der Waals surface area contributed by atoms with Crippen molar-refractivity contribution in [1.82, 2.24) is 20.9 Å². The number of urea groups is 1. The normalized spacial score (nSPS) is 14.7. The van der Waals surface area contributed by atoms with Gasteiger partial charge in [-0.1, -0.05) is 43.3 Å². The molecule has 172 valence electrons. The topological polar surface area (TPSA) is 73.5 Å². The van der Waals surface area contributed by atoms with Crippen molar-refractivity contribution in [2.45, 2.75) is 39.3 Å². The van der Waals surface area contributed by atoms with Crippen molar-refractivity contribution >= 4 is 11.9 Å². The molecule has 3 N–H and O–H groups in total. The number of benzene rings is 2. The summed E-state index contributed by atoms with van der Waals surface area (Å²) in [6.45, 7) is 6.69. The van der Waals surface area contributed by atoms with E-state index in [1.165, 1.54) is 30.5 Å². The highest BCUT2D eigenvalue weighted by Gasteiger charge is 2.15. The molecule has 0 bridgehead atoms. The highest BCUT2D eigenvalue weighted by molar-refractivity contribution is 5.78. The molecule has 3 amide bonds. The van der Waals surface area contributed by atoms with Gasteiger partial charge in [0, 0.05) is 26.2 Å². The second-order valence-electron chi connectivity index (χ2n) is 8.54. The predicted molar refractivity (Wildman–Crippen MR) is 123 cm³/mol. The standard InChI is InChI=1S/C25H33FN4O2/c1-19-9-13-30(14-10-19)18-21-7-5-20(6-8-21)17-29-25(32)28-12-11-27-24(31)16-22-3-2-4-23(26)15-22/h2-8,15,19H,9-14,16-18H2,1H3,(H,27,31)(H2,28,29,32). The Hall–Kier alpha value is -2.93. The van der Waals surface area contributed by atoms with Crippen molar-refractivity contribution in [3.05, 3.63) is 71.0 Å². The first-order valence-electron chi connectivity index (χ1n) is 11.3. The maximum atomic E-state index is 13.1. The van der Waals surface area contributed by atoms with Gasteiger partial charge in [0.25, 0.3) is 0 Å². The molecule has 0 aromatic heterocycles. The van der Waals surface area contributed by atoms with Crippen molar-refractivity contribution in [2.75, 3.05) is 26.2 Å². The zero-order valence-corrected chi connectivity index (χ0v) is 18.7. The number of nitrogens with one attached hydrogen (secondary N) is 3. The molecule has 1 aliphatic heterocycles. The Bertz CT molecular complexity index is 880. The summed E-state index contributed by atoms with van der Waals surface area (Å²) >= 11 is 0. The maximum absolute atomic E-state index is 13.1. The van der Waals surface area contributed by atoms with Crippen LogP contribution >= 0.6 is 0 Å². The van der Waals surface area contributed by atoms with Crippen LogP contribution in [0.15, 0.2) is 48.5 Å². The lowest BCUT2D eigenvalue weighted by Gasteiger charge is -2.30. The molecule has 0 spiro atoms. The lowest BCUT2D eigenvalue weighted by molar-refractivity contribution is -0.120. The number of carbonyl (C=O) groups is 2. The summed E-state index contributed by atoms with van der Waals surface area (Å²) in [7, 11) is 0. The van der Waals surface area contributed by atoms with Crippen LogP contribution in [0.1, 0.15) is 36.5 Å². The van der Waals surface area contributed by atoms with E-state index >= 15 is 0 Å². The van der Waals surface area contributed by atoms with Crippen LogP contribution in [0.5, 0.6) is 0 Å². The largest absolute Gasteiger partial charge is 0.354 e. The van der Waals surface area contributed by atoms with Crippen molar-refractivity contribution in [2.24, 2.45) is 5.92 Å². The zero-order valence-electron chi connectivity index (χ0n) is 18.7. The van der Waals surface area contributed by atoms with E-state index in [0.717, 1.165) is 31.1 Å². The summed E-state index contributed by atoms with van der Waals surface area (Å²) in [6, 6.07) is 14.0. The van der Waals surface area contributed by atoms with Gasteiger partial charge in [-0.05, 0) is 60.7 Å². The van der Waals surface area contributed by atoms with Crippen LogP contribution in [0, 0.1) is 11.7 Å². The molecule has 0 radical (unpaired) electrons. The first-order valence-corrected chi connectivity index (χ1v) is 11.3. The van der Waals surface area contributed by atoms with E-state index in [1.807, 2.05) is 0 Å². The lowest BCUT2D eigenvalue weighted by atomic mass is 9.99. The summed E-state index contributed by atoms with van der Waals surface area (Å²) in [5, 5.41) is 8.26. The van der Waals surface area contributed by atoms with Crippen LogP contribution in [0.25, 0.3) is 0 Å². The molecule has 1 aliphatic rings. The summed E-state index contributed by atoms with van der Waals surface area (Å²) in [6.07, 6.45) is 2.65. The van der Waals surface area contributed by atoms with Gasteiger partial charge in [-0.15, -0.1) is 0 Å². The fourth-order valence-electron chi connectivity index (χ4n) is 3.76. The zero-order chi connectivity index (χ0) is 22.8. The van der Waals surface area contributed by atoms with Crippen LogP contribution in [0.3, 0.4) is 0 Å². The molecule has 1 fully saturated rings. The van der Waals surface area contributed by atoms with E-state index in [-0.39, 0.29) is 24.2 Å². The van der Waals surface area contributed by atoms with Gasteiger partial charge in [-0.25, -0.2) is 9.18 Å². The maximum Gasteiger partial charge on any atom is 0.315 e. The van der Waals surface area contributed by atoms with Crippen molar-refractivity contribution in [3.63, 3.8) is 0 Å². The molecule has 6 nitrogen and oxygen atoms in total. The number of likely N-dealkylation sites (tertiary alicyclic amines) is 1. The van der Waals surface area contributed by atoms with Gasteiger partial charge in [0.1, 0.15) is 5.82 Å². The van der Waals surface area contributed by atoms with Crippen LogP contribution in [0.2, 0.25) is 0 Å². The first kappa shape index (κ1) is 23.7. The minimum atomic E-state index is -0.361. The molecular weight excluding hydrogens is 407 g/mol. The highest BCUT2D eigenvalue weighted by Crippen LogP contribution is 2.18. The number of piperidine rings is 1. The van der Waals surface area contributed by atoms with Gasteiger partial charge in [0.15, 0.2) is 0 Å². The number of halogens is 1. The Morgan fingerprint density at radius 2 is 1.62 bits per heavy atom. The molecule has 3 rings (SSSR count). The number of carbonyl (C=O) groups excluding carboxylic acids is 2. The van der Waals surface area contributed by atoms with E-state index in [9.17, 15) is 14.0 Å². The molecule has 2 aromatic rings. The molecular formula is C25H33FN4O2. The first-order chi connectivity index (χ1) is 15.5. The number of hydrogen-bond donors (Lipinski definition) is 3. The van der Waals surface area contributed by atoms with E-state index in [1.54, 1.807) is 12.1 Å². The van der Waals surface area contributed by atoms with Crippen LogP contribution in [-0.4, -0.2) is 43.0 Å². The van der Waals surface area contributed by atoms with Crippen molar-refractivity contribution in [3.8, 4) is 0 Å². The molecule has 0 atom stereocenters. The Morgan fingerprint density at radius 1 is 0.938 bits per heavy atom. The van der Waals surface area contributed by atoms with Gasteiger partial charge in [-0.2, -0.15) is 0 Å². The molecule has 2 aromatic carbocycles. The number of rotatable bonds is 9. The fraction of sp³-hybridized carbons (Fsp3) is 0.440. The average molecular weight is 441 g/mol. The average Bonchev–Trinajstić information content (AvgIpc) is 2.78. The monoisotopic (exact) mass is 440 g/mol. The summed E-state index contributed by atoms with van der Waals surface area (Å²) < 4.78 is 13.1. The van der Waals surface area contributed by atoms with Gasteiger partial charge < -0.3 is 16.0 Å². The molecule has 7 heteroatoms. The van der Waals surface area contributed by atoms with Gasteiger partial charge in [0.05, 0.1) is 6.42 Å². The predicted octanol–water partition coefficient (Wildman–Crippen LogP) is 3.22. The number of nitrogens with zero attached hydrogens (tertiary/aromatic N) is 1. The van der Waals surface area contributed by atoms with Gasteiger partial charge >= 0.3 is 6.03 Å². The van der Waals surface area contributed by atoms with Crippen molar-refractivity contribution < 1.29 is 14.0 Å². The summed E-state index contributed by atoms with van der Waals surface area (Å²) in [5.74, 6) is 0.263. The molecule has 0 aliphatic carbocycles. The third kappa shape index (κ3) is 8.30. The van der Waals surface area contributed by atoms with E-state index in [2.05, 4.69) is 52.0 Å². The third-order valence-electron chi connectivity index (χ3n) is 5.74. The minimum Gasteiger partial charge on any atom is -0.354 e. The third-order valence-corrected chi connectivity index (χ3v) is 5.74. The van der Waals surface area contributed by atoms with Crippen molar-refractivity contribution in [1.29, 1.82) is 0 Å². The summed E-state index contributed by atoms with van der Waals surface area (Å²) in [5.41, 5.74) is 2.95. The van der Waals surface area contributed by atoms with Gasteiger partial charge in [0.2, 0.25) is 5.91 Å². The molecule has 0 unspecified atom stereocenters. The fourth-order valence-corrected chi connectivity index (χ4v) is 3.76. The van der Waals surface area contributed by atoms with Gasteiger partial charge in [-0.3, -0.25) is 9.69 Å². The van der Waals surface area contributed by atoms with Crippen LogP contribution < -0.4 is 16.0 Å². The highest BCUT2D eigenvalue weighted by atomic mass is 19.1. The van der Waals surface area contributed by atoms with Crippen LogP contribution in [0.4, 0.5) is 9.18 Å². The lowest BCUT2D eigenvalue weighted by Crippen LogP contribution is -2.40.